The SMILES string of the molecule is COC(C[SiH3])C(OC)(OC)C(C(=O)C(C)(C)C)C(N)C(=O)O. The first-order chi connectivity index (χ1) is 10.0. The number of ether oxygens (including phenoxy) is 3. The van der Waals surface area contributed by atoms with Crippen molar-refractivity contribution >= 4 is 22.0 Å². The van der Waals surface area contributed by atoms with Crippen LogP contribution in [0.25, 0.3) is 0 Å². The molecule has 0 spiro atoms. The zero-order chi connectivity index (χ0) is 17.7. The molecular weight excluding hydrogens is 306 g/mol. The van der Waals surface area contributed by atoms with Gasteiger partial charge in [-0.25, -0.2) is 0 Å². The van der Waals surface area contributed by atoms with Gasteiger partial charge in [-0.2, -0.15) is 0 Å². The number of aliphatic carboxylic acids is 1. The van der Waals surface area contributed by atoms with Crippen LogP contribution in [0.1, 0.15) is 20.8 Å². The van der Waals surface area contributed by atoms with Gasteiger partial charge in [-0.3, -0.25) is 9.59 Å². The molecule has 0 aromatic carbocycles. The van der Waals surface area contributed by atoms with Crippen molar-refractivity contribution in [3.8, 4) is 0 Å². The van der Waals surface area contributed by atoms with E-state index in [9.17, 15) is 14.7 Å². The van der Waals surface area contributed by atoms with Gasteiger partial charge in [0, 0.05) is 37.0 Å². The highest BCUT2D eigenvalue weighted by atomic mass is 28.1. The Balaban J connectivity index is 6.19. The molecule has 0 amide bonds. The lowest BCUT2D eigenvalue weighted by molar-refractivity contribution is -0.286. The Bertz CT molecular complexity index is 387. The standard InChI is InChI=1S/C14H29NO6Si/c1-13(2,3)11(16)9(10(15)12(17)18)14(20-5,21-6)8(7-22)19-4/h8-10H,7,15H2,1-6,22H3,(H,17,18). The fraction of sp³-hybridized carbons (Fsp3) is 0.857. The summed E-state index contributed by atoms with van der Waals surface area (Å²) in [5.74, 6) is -4.37. The molecule has 130 valence electrons. The second-order valence-corrected chi connectivity index (χ2v) is 7.03. The molecule has 0 aromatic heterocycles. The van der Waals surface area contributed by atoms with Gasteiger partial charge in [0.05, 0.1) is 0 Å². The van der Waals surface area contributed by atoms with Crippen LogP contribution in [0.15, 0.2) is 0 Å². The van der Waals surface area contributed by atoms with E-state index in [4.69, 9.17) is 19.9 Å². The summed E-state index contributed by atoms with van der Waals surface area (Å²) in [5, 5.41) is 9.33. The van der Waals surface area contributed by atoms with Gasteiger partial charge in [0.1, 0.15) is 23.8 Å². The highest BCUT2D eigenvalue weighted by Crippen LogP contribution is 2.37. The Morgan fingerprint density at radius 2 is 1.64 bits per heavy atom. The summed E-state index contributed by atoms with van der Waals surface area (Å²) >= 11 is 0. The number of nitrogens with two attached hydrogens (primary N) is 1. The number of hydrogen-bond donors (Lipinski definition) is 2. The van der Waals surface area contributed by atoms with Gasteiger partial charge in [-0.05, 0) is 6.04 Å². The first kappa shape index (κ1) is 21.2. The van der Waals surface area contributed by atoms with Crippen LogP contribution in [0, 0.1) is 11.3 Å². The van der Waals surface area contributed by atoms with Gasteiger partial charge in [0.2, 0.25) is 5.79 Å². The minimum Gasteiger partial charge on any atom is -0.480 e. The fourth-order valence-electron chi connectivity index (χ4n) is 2.62. The van der Waals surface area contributed by atoms with Crippen LogP contribution in [0.3, 0.4) is 0 Å². The maximum atomic E-state index is 12.9. The third-order valence-corrected chi connectivity index (χ3v) is 4.58. The van der Waals surface area contributed by atoms with Crippen LogP contribution in [0.5, 0.6) is 0 Å². The van der Waals surface area contributed by atoms with E-state index in [0.29, 0.717) is 6.04 Å². The zero-order valence-corrected chi connectivity index (χ0v) is 16.5. The fourth-order valence-corrected chi connectivity index (χ4v) is 3.52. The topological polar surface area (TPSA) is 108 Å². The summed E-state index contributed by atoms with van der Waals surface area (Å²) in [7, 11) is 4.96. The molecule has 3 N–H and O–H groups in total. The van der Waals surface area contributed by atoms with Gasteiger partial charge < -0.3 is 25.1 Å². The Morgan fingerprint density at radius 3 is 1.86 bits per heavy atom. The molecular formula is C14H29NO6Si. The normalized spacial score (nSPS) is 17.0. The lowest BCUT2D eigenvalue weighted by atomic mass is 9.74. The van der Waals surface area contributed by atoms with Crippen LogP contribution in [0.2, 0.25) is 6.04 Å². The van der Waals surface area contributed by atoms with E-state index in [0.717, 1.165) is 10.2 Å². The van der Waals surface area contributed by atoms with Crippen molar-refractivity contribution in [1.82, 2.24) is 0 Å². The quantitative estimate of drug-likeness (QED) is 0.428. The van der Waals surface area contributed by atoms with Gasteiger partial charge >= 0.3 is 5.97 Å². The van der Waals surface area contributed by atoms with E-state index in [1.807, 2.05) is 0 Å². The van der Waals surface area contributed by atoms with Gasteiger partial charge in [0.15, 0.2) is 0 Å². The smallest absolute Gasteiger partial charge is 0.321 e. The first-order valence-corrected chi connectivity index (χ1v) is 8.60. The molecule has 0 radical (unpaired) electrons. The Labute approximate surface area is 134 Å². The molecule has 0 aliphatic rings. The minimum atomic E-state index is -1.54. The van der Waals surface area contributed by atoms with Crippen molar-refractivity contribution in [1.29, 1.82) is 0 Å². The van der Waals surface area contributed by atoms with E-state index < -0.39 is 35.2 Å². The Hall–Kier alpha value is -0.803. The maximum absolute atomic E-state index is 12.9. The molecule has 0 aromatic rings. The highest BCUT2D eigenvalue weighted by molar-refractivity contribution is 6.09. The number of carbonyl (C=O) groups is 2. The van der Waals surface area contributed by atoms with Crippen molar-refractivity contribution in [2.24, 2.45) is 17.1 Å². The van der Waals surface area contributed by atoms with E-state index >= 15 is 0 Å². The number of Topliss-reactive ketones (excluding diaryl/α,β-unsaturated/α-hetero) is 1. The number of methoxy groups -OCH3 is 3. The summed E-state index contributed by atoms with van der Waals surface area (Å²) in [4.78, 5) is 24.3. The van der Waals surface area contributed by atoms with Crippen LogP contribution in [-0.4, -0.2) is 66.4 Å². The highest BCUT2D eigenvalue weighted by Gasteiger charge is 2.56. The predicted octanol–water partition coefficient (Wildman–Crippen LogP) is -0.582. The molecule has 0 saturated carbocycles. The molecule has 7 nitrogen and oxygen atoms in total. The van der Waals surface area contributed by atoms with Crippen molar-refractivity contribution in [2.75, 3.05) is 21.3 Å². The Kier molecular flexibility index (Phi) is 7.86. The number of hydrogen-bond acceptors (Lipinski definition) is 6. The molecule has 0 fully saturated rings. The molecule has 0 rings (SSSR count). The van der Waals surface area contributed by atoms with E-state index in [-0.39, 0.29) is 5.78 Å². The molecule has 3 unspecified atom stereocenters. The van der Waals surface area contributed by atoms with Crippen molar-refractivity contribution in [2.45, 2.75) is 44.7 Å². The summed E-state index contributed by atoms with van der Waals surface area (Å²) < 4.78 is 16.4. The summed E-state index contributed by atoms with van der Waals surface area (Å²) in [5.41, 5.74) is 5.02. The molecule has 8 heteroatoms. The average Bonchev–Trinajstić information content (AvgIpc) is 2.45. The lowest BCUT2D eigenvalue weighted by Gasteiger charge is -2.45. The van der Waals surface area contributed by atoms with Crippen LogP contribution < -0.4 is 5.73 Å². The largest absolute Gasteiger partial charge is 0.480 e. The Morgan fingerprint density at radius 1 is 1.18 bits per heavy atom. The molecule has 22 heavy (non-hydrogen) atoms. The average molecular weight is 335 g/mol. The molecule has 0 aliphatic carbocycles. The molecule has 0 heterocycles. The molecule has 0 saturated heterocycles. The van der Waals surface area contributed by atoms with Crippen molar-refractivity contribution in [3.63, 3.8) is 0 Å². The maximum Gasteiger partial charge on any atom is 0.321 e. The number of carboxylic acid groups (broad SMARTS) is 1. The minimum absolute atomic E-state index is 0.344. The van der Waals surface area contributed by atoms with Crippen LogP contribution >= 0.6 is 0 Å². The second-order valence-electron chi connectivity index (χ2n) is 6.22. The molecule has 0 bridgehead atoms. The van der Waals surface area contributed by atoms with E-state index in [2.05, 4.69) is 0 Å². The third-order valence-electron chi connectivity index (χ3n) is 3.84. The monoisotopic (exact) mass is 335 g/mol. The van der Waals surface area contributed by atoms with Gasteiger partial charge in [-0.15, -0.1) is 0 Å². The second kappa shape index (κ2) is 8.16. The number of rotatable bonds is 9. The predicted molar refractivity (Wildman–Crippen MR) is 85.9 cm³/mol. The van der Waals surface area contributed by atoms with E-state index in [1.165, 1.54) is 21.3 Å². The number of ketones is 1. The number of carboxylic acids is 1. The zero-order valence-electron chi connectivity index (χ0n) is 14.5. The van der Waals surface area contributed by atoms with Gasteiger partial charge in [-0.1, -0.05) is 20.8 Å². The van der Waals surface area contributed by atoms with Crippen molar-refractivity contribution < 1.29 is 28.9 Å². The molecule has 3 atom stereocenters. The number of carbonyl (C=O) groups excluding carboxylic acids is 1. The van der Waals surface area contributed by atoms with Crippen molar-refractivity contribution in [3.05, 3.63) is 0 Å². The third kappa shape index (κ3) is 4.14. The summed E-state index contributed by atoms with van der Waals surface area (Å²) in [6, 6.07) is -0.865. The van der Waals surface area contributed by atoms with Crippen LogP contribution in [-0.2, 0) is 23.8 Å². The first-order valence-electron chi connectivity index (χ1n) is 7.19. The van der Waals surface area contributed by atoms with E-state index in [1.54, 1.807) is 20.8 Å². The van der Waals surface area contributed by atoms with Crippen LogP contribution in [0.4, 0.5) is 0 Å². The summed E-state index contributed by atoms with van der Waals surface area (Å²) in [6.07, 6.45) is -0.587. The molecule has 0 aliphatic heterocycles. The lowest BCUT2D eigenvalue weighted by Crippen LogP contribution is -2.63. The summed E-state index contributed by atoms with van der Waals surface area (Å²) in [6.45, 7) is 5.11. The van der Waals surface area contributed by atoms with Gasteiger partial charge in [0.25, 0.3) is 0 Å².